The number of para-hydroxylation sites is 2. The molecule has 0 bridgehead atoms. The molecule has 0 aliphatic carbocycles. The zero-order valence-electron chi connectivity index (χ0n) is 15.1. The van der Waals surface area contributed by atoms with E-state index >= 15 is 0 Å². The van der Waals surface area contributed by atoms with Crippen LogP contribution in [0.1, 0.15) is 45.9 Å². The van der Waals surface area contributed by atoms with E-state index in [-0.39, 0.29) is 17.6 Å². The van der Waals surface area contributed by atoms with Gasteiger partial charge in [0.15, 0.2) is 0 Å². The predicted octanol–water partition coefficient (Wildman–Crippen LogP) is 3.74. The fourth-order valence-corrected chi connectivity index (χ4v) is 4.98. The highest BCUT2D eigenvalue weighted by atomic mass is 32.1. The van der Waals surface area contributed by atoms with Gasteiger partial charge in [0.1, 0.15) is 0 Å². The second kappa shape index (κ2) is 6.76. The van der Waals surface area contributed by atoms with Crippen LogP contribution in [0.2, 0.25) is 0 Å². The number of likely N-dealkylation sites (tertiary alicyclic amines) is 1. The zero-order chi connectivity index (χ0) is 18.3. The Balaban J connectivity index is 1.51. The average Bonchev–Trinajstić information content (AvgIpc) is 3.20. The van der Waals surface area contributed by atoms with Gasteiger partial charge in [0.25, 0.3) is 5.91 Å². The van der Waals surface area contributed by atoms with Crippen molar-refractivity contribution < 1.29 is 4.79 Å². The minimum absolute atomic E-state index is 0.0579. The number of hydrogen-bond donors (Lipinski definition) is 1. The molecule has 4 rings (SSSR count). The van der Waals surface area contributed by atoms with Crippen LogP contribution in [0.15, 0.2) is 35.1 Å². The Labute approximate surface area is 156 Å². The van der Waals surface area contributed by atoms with E-state index in [1.807, 2.05) is 39.8 Å². The number of nitrogens with one attached hydrogen (secondary N) is 1. The molecule has 0 spiro atoms. The number of H-pyrrole nitrogens is 1. The Kier molecular flexibility index (Phi) is 4.44. The van der Waals surface area contributed by atoms with E-state index < -0.39 is 0 Å². The van der Waals surface area contributed by atoms with E-state index in [1.165, 1.54) is 10.4 Å². The Hall–Kier alpha value is -2.34. The number of hydrogen-bond acceptors (Lipinski definition) is 3. The number of carbonyl (C=O) groups excluding carboxylic acids is 1. The zero-order valence-corrected chi connectivity index (χ0v) is 15.9. The molecular weight excluding hydrogens is 346 g/mol. The first-order valence-corrected chi connectivity index (χ1v) is 9.98. The topological polar surface area (TPSA) is 58.1 Å². The first kappa shape index (κ1) is 17.1. The van der Waals surface area contributed by atoms with Gasteiger partial charge in [-0.3, -0.25) is 9.36 Å². The van der Waals surface area contributed by atoms with Crippen LogP contribution < -0.4 is 5.69 Å². The monoisotopic (exact) mass is 369 g/mol. The molecule has 0 atom stereocenters. The fraction of sp³-hybridized carbons (Fsp3) is 0.400. The molecule has 1 fully saturated rings. The van der Waals surface area contributed by atoms with Crippen LogP contribution in [0.4, 0.5) is 0 Å². The number of piperidine rings is 1. The molecule has 5 nitrogen and oxygen atoms in total. The van der Waals surface area contributed by atoms with Crippen molar-refractivity contribution in [3.63, 3.8) is 0 Å². The average molecular weight is 369 g/mol. The van der Waals surface area contributed by atoms with Gasteiger partial charge in [0.2, 0.25) is 0 Å². The largest absolute Gasteiger partial charge is 0.338 e. The van der Waals surface area contributed by atoms with Crippen LogP contribution in [0.3, 0.4) is 0 Å². The highest BCUT2D eigenvalue weighted by Gasteiger charge is 2.27. The van der Waals surface area contributed by atoms with Gasteiger partial charge >= 0.3 is 5.69 Å². The third-order valence-electron chi connectivity index (χ3n) is 5.35. The van der Waals surface area contributed by atoms with Gasteiger partial charge in [-0.15, -0.1) is 11.3 Å². The first-order valence-electron chi connectivity index (χ1n) is 9.16. The molecule has 1 aliphatic heterocycles. The molecule has 0 radical (unpaired) electrons. The fourth-order valence-electron chi connectivity index (χ4n) is 3.90. The number of thiophene rings is 1. The van der Waals surface area contributed by atoms with Crippen molar-refractivity contribution >= 4 is 28.3 Å². The van der Waals surface area contributed by atoms with E-state index in [4.69, 9.17) is 0 Å². The van der Waals surface area contributed by atoms with Crippen LogP contribution in [0.5, 0.6) is 0 Å². The van der Waals surface area contributed by atoms with Crippen LogP contribution in [-0.4, -0.2) is 33.4 Å². The van der Waals surface area contributed by atoms with Crippen molar-refractivity contribution in [2.24, 2.45) is 0 Å². The lowest BCUT2D eigenvalue weighted by Gasteiger charge is -2.32. The maximum absolute atomic E-state index is 12.8. The maximum Gasteiger partial charge on any atom is 0.326 e. The van der Waals surface area contributed by atoms with E-state index in [0.717, 1.165) is 35.2 Å². The number of nitrogens with zero attached hydrogens (tertiary/aromatic N) is 2. The molecule has 1 amide bonds. The Morgan fingerprint density at radius 3 is 2.69 bits per heavy atom. The summed E-state index contributed by atoms with van der Waals surface area (Å²) in [6.45, 7) is 5.57. The van der Waals surface area contributed by atoms with Gasteiger partial charge in [-0.05, 0) is 49.9 Å². The smallest absolute Gasteiger partial charge is 0.326 e. The van der Waals surface area contributed by atoms with Crippen molar-refractivity contribution in [2.45, 2.75) is 39.2 Å². The Morgan fingerprint density at radius 2 is 2.00 bits per heavy atom. The normalized spacial score (nSPS) is 15.7. The van der Waals surface area contributed by atoms with E-state index in [2.05, 4.69) is 18.8 Å². The van der Waals surface area contributed by atoms with Crippen molar-refractivity contribution in [2.75, 3.05) is 13.1 Å². The molecule has 1 saturated heterocycles. The molecular formula is C20H23N3O2S. The number of aryl methyl sites for hydroxylation is 2. The summed E-state index contributed by atoms with van der Waals surface area (Å²) >= 11 is 1.59. The van der Waals surface area contributed by atoms with Crippen LogP contribution in [0, 0.1) is 6.92 Å². The minimum Gasteiger partial charge on any atom is -0.338 e. The third-order valence-corrected chi connectivity index (χ3v) is 6.43. The van der Waals surface area contributed by atoms with Gasteiger partial charge < -0.3 is 9.88 Å². The lowest BCUT2D eigenvalue weighted by Crippen LogP contribution is -2.40. The lowest BCUT2D eigenvalue weighted by atomic mass is 10.0. The minimum atomic E-state index is -0.0579. The van der Waals surface area contributed by atoms with E-state index in [0.29, 0.717) is 13.1 Å². The molecule has 1 aromatic carbocycles. The summed E-state index contributed by atoms with van der Waals surface area (Å²) in [5, 5.41) is 0. The standard InChI is InChI=1S/C20H23N3O2S/c1-3-14-12-18(26-13(14)2)19(24)22-10-8-15(9-11-22)23-17-7-5-4-6-16(17)21-20(23)25/h4-7,12,15H,3,8-11H2,1-2H3,(H,21,25). The molecule has 136 valence electrons. The molecule has 1 N–H and O–H groups in total. The van der Waals surface area contributed by atoms with Crippen molar-refractivity contribution in [1.29, 1.82) is 0 Å². The van der Waals surface area contributed by atoms with Gasteiger partial charge in [-0.1, -0.05) is 19.1 Å². The van der Waals surface area contributed by atoms with Crippen LogP contribution >= 0.6 is 11.3 Å². The van der Waals surface area contributed by atoms with Crippen molar-refractivity contribution in [1.82, 2.24) is 14.5 Å². The lowest BCUT2D eigenvalue weighted by molar-refractivity contribution is 0.0700. The van der Waals surface area contributed by atoms with Gasteiger partial charge in [0, 0.05) is 24.0 Å². The molecule has 0 saturated carbocycles. The Bertz CT molecular complexity index is 1010. The molecule has 3 heterocycles. The molecule has 2 aromatic heterocycles. The van der Waals surface area contributed by atoms with Crippen LogP contribution in [0.25, 0.3) is 11.0 Å². The number of amides is 1. The third kappa shape index (κ3) is 2.88. The molecule has 1 aliphatic rings. The second-order valence-corrected chi connectivity index (χ2v) is 8.14. The molecule has 0 unspecified atom stereocenters. The molecule has 3 aromatic rings. The number of fused-ring (bicyclic) bond motifs is 1. The van der Waals surface area contributed by atoms with Crippen molar-refractivity contribution in [3.05, 3.63) is 56.1 Å². The number of aromatic amines is 1. The summed E-state index contributed by atoms with van der Waals surface area (Å²) in [7, 11) is 0. The number of rotatable bonds is 3. The maximum atomic E-state index is 12.8. The molecule has 26 heavy (non-hydrogen) atoms. The van der Waals surface area contributed by atoms with Crippen LogP contribution in [-0.2, 0) is 6.42 Å². The van der Waals surface area contributed by atoms with Gasteiger partial charge in [-0.25, -0.2) is 4.79 Å². The second-order valence-electron chi connectivity index (χ2n) is 6.89. The quantitative estimate of drug-likeness (QED) is 0.765. The highest BCUT2D eigenvalue weighted by molar-refractivity contribution is 7.14. The summed E-state index contributed by atoms with van der Waals surface area (Å²) in [5.41, 5.74) is 3.02. The van der Waals surface area contributed by atoms with Gasteiger partial charge in [-0.2, -0.15) is 0 Å². The van der Waals surface area contributed by atoms with E-state index in [1.54, 1.807) is 11.3 Å². The Morgan fingerprint density at radius 1 is 1.27 bits per heavy atom. The van der Waals surface area contributed by atoms with E-state index in [9.17, 15) is 9.59 Å². The highest BCUT2D eigenvalue weighted by Crippen LogP contribution is 2.28. The summed E-state index contributed by atoms with van der Waals surface area (Å²) < 4.78 is 1.86. The molecule has 6 heteroatoms. The number of carbonyl (C=O) groups is 1. The number of aromatic nitrogens is 2. The SMILES string of the molecule is CCc1cc(C(=O)N2CCC(n3c(=O)[nH]c4ccccc43)CC2)sc1C. The summed E-state index contributed by atoms with van der Waals surface area (Å²) in [6.07, 6.45) is 2.57. The number of imidazole rings is 1. The summed E-state index contributed by atoms with van der Waals surface area (Å²) in [4.78, 5) is 32.1. The first-order chi connectivity index (χ1) is 12.6. The van der Waals surface area contributed by atoms with Gasteiger partial charge in [0.05, 0.1) is 15.9 Å². The van der Waals surface area contributed by atoms with Crippen molar-refractivity contribution in [3.8, 4) is 0 Å². The predicted molar refractivity (Wildman–Crippen MR) is 105 cm³/mol. The summed E-state index contributed by atoms with van der Waals surface area (Å²) in [6, 6.07) is 9.96. The summed E-state index contributed by atoms with van der Waals surface area (Å²) in [5.74, 6) is 0.127. The number of benzene rings is 1.